The number of nitrogens with one attached hydrogen (secondary N) is 1. The van der Waals surface area contributed by atoms with Gasteiger partial charge in [0, 0.05) is 42.9 Å². The summed E-state index contributed by atoms with van der Waals surface area (Å²) in [6.07, 6.45) is 1.03. The average molecular weight is 413 g/mol. The summed E-state index contributed by atoms with van der Waals surface area (Å²) in [5.74, 6) is 1.32. The number of carbonyl (C=O) groups is 1. The lowest BCUT2D eigenvalue weighted by Gasteiger charge is -2.43. The van der Waals surface area contributed by atoms with Gasteiger partial charge in [-0.1, -0.05) is 6.07 Å². The second-order valence-corrected chi connectivity index (χ2v) is 7.82. The number of rotatable bonds is 3. The van der Waals surface area contributed by atoms with E-state index in [2.05, 4.69) is 5.32 Å². The van der Waals surface area contributed by atoms with Crippen LogP contribution in [-0.4, -0.2) is 47.8 Å². The Morgan fingerprint density at radius 2 is 1.90 bits per heavy atom. The van der Waals surface area contributed by atoms with E-state index in [1.165, 1.54) is 7.11 Å². The molecule has 2 aromatic rings. The number of nitrogens with zero attached hydrogens (tertiary/aromatic N) is 2. The maximum absolute atomic E-state index is 12.7. The smallest absolute Gasteiger partial charge is 0.257 e. The van der Waals surface area contributed by atoms with Crippen LogP contribution >= 0.6 is 12.2 Å². The molecule has 152 valence electrons. The minimum Gasteiger partial charge on any atom is -0.493 e. The summed E-state index contributed by atoms with van der Waals surface area (Å²) in [4.78, 5) is 26.9. The lowest BCUT2D eigenvalue weighted by Crippen LogP contribution is -2.52. The number of benzene rings is 1. The van der Waals surface area contributed by atoms with Gasteiger partial charge in [-0.05, 0) is 48.8 Å². The summed E-state index contributed by atoms with van der Waals surface area (Å²) in [6.45, 7) is 2.10. The van der Waals surface area contributed by atoms with Crippen molar-refractivity contribution in [2.75, 3.05) is 27.3 Å². The van der Waals surface area contributed by atoms with Crippen LogP contribution in [0, 0.1) is 5.92 Å². The number of hydrogen-bond donors (Lipinski definition) is 1. The summed E-state index contributed by atoms with van der Waals surface area (Å²) in [7, 11) is 3.08. The van der Waals surface area contributed by atoms with Crippen molar-refractivity contribution >= 4 is 23.2 Å². The van der Waals surface area contributed by atoms with Gasteiger partial charge in [-0.25, -0.2) is 0 Å². The van der Waals surface area contributed by atoms with Crippen molar-refractivity contribution in [2.24, 2.45) is 5.92 Å². The van der Waals surface area contributed by atoms with E-state index in [1.54, 1.807) is 31.4 Å². The molecule has 1 N–H and O–H groups in total. The predicted octanol–water partition coefficient (Wildman–Crippen LogP) is 2.00. The van der Waals surface area contributed by atoms with Crippen molar-refractivity contribution < 1.29 is 14.3 Å². The van der Waals surface area contributed by atoms with Gasteiger partial charge in [0.05, 0.1) is 14.2 Å². The molecule has 2 atom stereocenters. The highest BCUT2D eigenvalue weighted by molar-refractivity contribution is 7.80. The summed E-state index contributed by atoms with van der Waals surface area (Å²) in [6, 6.07) is 10.4. The van der Waals surface area contributed by atoms with E-state index in [-0.39, 0.29) is 17.4 Å². The first-order valence-corrected chi connectivity index (χ1v) is 9.93. The van der Waals surface area contributed by atoms with E-state index in [0.29, 0.717) is 41.2 Å². The zero-order valence-corrected chi connectivity index (χ0v) is 17.2. The van der Waals surface area contributed by atoms with Crippen molar-refractivity contribution in [3.63, 3.8) is 0 Å². The monoisotopic (exact) mass is 413 g/mol. The highest BCUT2D eigenvalue weighted by Gasteiger charge is 2.35. The van der Waals surface area contributed by atoms with Gasteiger partial charge >= 0.3 is 0 Å². The molecule has 2 aliphatic heterocycles. The van der Waals surface area contributed by atoms with E-state index in [4.69, 9.17) is 21.7 Å². The Morgan fingerprint density at radius 3 is 2.66 bits per heavy atom. The molecule has 1 fully saturated rings. The minimum atomic E-state index is -0.289. The molecule has 2 aliphatic rings. The number of aromatic nitrogens is 1. The number of hydrogen-bond acceptors (Lipinski definition) is 5. The Hall–Kier alpha value is -2.87. The molecule has 0 aliphatic carbocycles. The average Bonchev–Trinajstić information content (AvgIpc) is 2.73. The number of amides is 1. The van der Waals surface area contributed by atoms with E-state index in [1.807, 2.05) is 21.6 Å². The summed E-state index contributed by atoms with van der Waals surface area (Å²) >= 11 is 5.53. The first-order chi connectivity index (χ1) is 14.0. The standard InChI is InChI=1S/C21H23N3O4S/c1-27-17-7-6-14(9-18(17)28-2)20(26)22-21(29)23-10-13-8-15(12-23)16-4-3-5-19(25)24(16)11-13/h3-7,9,13,15H,8,10-12H2,1-2H3,(H,22,26,29)/t13-,15?/m1/s1. The van der Waals surface area contributed by atoms with Crippen molar-refractivity contribution in [3.05, 3.63) is 58.0 Å². The van der Waals surface area contributed by atoms with Crippen molar-refractivity contribution in [2.45, 2.75) is 18.9 Å². The normalized spacial score (nSPS) is 19.9. The third-order valence-corrected chi connectivity index (χ3v) is 5.99. The molecule has 0 saturated carbocycles. The molecule has 7 nitrogen and oxygen atoms in total. The molecular formula is C21H23N3O4S. The number of methoxy groups -OCH3 is 2. The molecule has 1 aromatic carbocycles. The highest BCUT2D eigenvalue weighted by Crippen LogP contribution is 2.35. The predicted molar refractivity (Wildman–Crippen MR) is 113 cm³/mol. The Bertz CT molecular complexity index is 1020. The maximum Gasteiger partial charge on any atom is 0.257 e. The van der Waals surface area contributed by atoms with Crippen molar-refractivity contribution in [1.29, 1.82) is 0 Å². The molecule has 29 heavy (non-hydrogen) atoms. The van der Waals surface area contributed by atoms with Crippen LogP contribution in [0.5, 0.6) is 11.5 Å². The van der Waals surface area contributed by atoms with Crippen LogP contribution in [0.2, 0.25) is 0 Å². The zero-order valence-electron chi connectivity index (χ0n) is 16.4. The molecule has 2 bridgehead atoms. The third-order valence-electron chi connectivity index (χ3n) is 5.63. The number of likely N-dealkylation sites (tertiary alicyclic amines) is 1. The first-order valence-electron chi connectivity index (χ1n) is 9.52. The van der Waals surface area contributed by atoms with Gasteiger partial charge in [-0.2, -0.15) is 0 Å². The van der Waals surface area contributed by atoms with Crippen LogP contribution in [-0.2, 0) is 6.54 Å². The summed E-state index contributed by atoms with van der Waals surface area (Å²) in [5, 5.41) is 3.24. The largest absolute Gasteiger partial charge is 0.493 e. The number of fused-ring (bicyclic) bond motifs is 4. The second-order valence-electron chi connectivity index (χ2n) is 7.43. The molecule has 1 saturated heterocycles. The molecule has 3 heterocycles. The molecule has 0 radical (unpaired) electrons. The topological polar surface area (TPSA) is 72.8 Å². The van der Waals surface area contributed by atoms with E-state index in [0.717, 1.165) is 18.7 Å². The molecule has 8 heteroatoms. The van der Waals surface area contributed by atoms with Gasteiger partial charge in [-0.3, -0.25) is 14.9 Å². The van der Waals surface area contributed by atoms with E-state index < -0.39 is 0 Å². The highest BCUT2D eigenvalue weighted by atomic mass is 32.1. The van der Waals surface area contributed by atoms with Crippen molar-refractivity contribution in [1.82, 2.24) is 14.8 Å². The number of pyridine rings is 1. The number of piperidine rings is 1. The second kappa shape index (κ2) is 7.87. The molecule has 4 rings (SSSR count). The Kier molecular flexibility index (Phi) is 5.27. The third kappa shape index (κ3) is 3.72. The van der Waals surface area contributed by atoms with Crippen LogP contribution in [0.25, 0.3) is 0 Å². The van der Waals surface area contributed by atoms with Gasteiger partial charge < -0.3 is 18.9 Å². The zero-order chi connectivity index (χ0) is 20.5. The lowest BCUT2D eigenvalue weighted by molar-refractivity contribution is 0.0967. The molecule has 1 unspecified atom stereocenters. The van der Waals surface area contributed by atoms with Gasteiger partial charge in [0.15, 0.2) is 16.6 Å². The Balaban J connectivity index is 1.47. The fourth-order valence-electron chi connectivity index (χ4n) is 4.29. The van der Waals surface area contributed by atoms with Crippen molar-refractivity contribution in [3.8, 4) is 11.5 Å². The minimum absolute atomic E-state index is 0.0509. The van der Waals surface area contributed by atoms with Gasteiger partial charge in [0.2, 0.25) is 0 Å². The van der Waals surface area contributed by atoms with Crippen LogP contribution in [0.1, 0.15) is 28.4 Å². The Labute approximate surface area is 174 Å². The van der Waals surface area contributed by atoms with E-state index >= 15 is 0 Å². The van der Waals surface area contributed by atoms with Gasteiger partial charge in [-0.15, -0.1) is 0 Å². The summed E-state index contributed by atoms with van der Waals surface area (Å²) in [5.41, 5.74) is 1.54. The maximum atomic E-state index is 12.7. The van der Waals surface area contributed by atoms with Crippen LogP contribution in [0.3, 0.4) is 0 Å². The number of carbonyl (C=O) groups excluding carboxylic acids is 1. The van der Waals surface area contributed by atoms with E-state index in [9.17, 15) is 9.59 Å². The SMILES string of the molecule is COc1ccc(C(=O)NC(=S)N2CC3C[C@H](C2)Cn2c3cccc2=O)cc1OC. The van der Waals surface area contributed by atoms with Gasteiger partial charge in [0.1, 0.15) is 0 Å². The molecular weight excluding hydrogens is 390 g/mol. The summed E-state index contributed by atoms with van der Waals surface area (Å²) < 4.78 is 12.4. The van der Waals surface area contributed by atoms with Crippen LogP contribution in [0.15, 0.2) is 41.2 Å². The fourth-order valence-corrected chi connectivity index (χ4v) is 4.53. The lowest BCUT2D eigenvalue weighted by atomic mass is 9.83. The quantitative estimate of drug-likeness (QED) is 0.776. The molecule has 1 amide bonds. The van der Waals surface area contributed by atoms with Crippen LogP contribution < -0.4 is 20.3 Å². The fraction of sp³-hybridized carbons (Fsp3) is 0.381. The molecule has 0 spiro atoms. The van der Waals surface area contributed by atoms with Gasteiger partial charge in [0.25, 0.3) is 11.5 Å². The Morgan fingerprint density at radius 1 is 1.10 bits per heavy atom. The molecule has 1 aromatic heterocycles. The number of ether oxygens (including phenoxy) is 2. The number of thiocarbonyl (C=S) groups is 1. The first kappa shape index (κ1) is 19.4. The van der Waals surface area contributed by atoms with Crippen LogP contribution in [0.4, 0.5) is 0 Å².